The summed E-state index contributed by atoms with van der Waals surface area (Å²) in [6, 6.07) is 49.8. The minimum Gasteiger partial charge on any atom is -0.489 e. The number of carbonyl (C=O) groups excluding carboxylic acids is 1. The smallest absolute Gasteiger partial charge is 0.306 e. The van der Waals surface area contributed by atoms with Crippen LogP contribution in [0, 0.1) is 0 Å². The highest BCUT2D eigenvalue weighted by molar-refractivity contribution is 5.70. The van der Waals surface area contributed by atoms with Crippen LogP contribution >= 0.6 is 0 Å². The molecule has 0 fully saturated rings. The van der Waals surface area contributed by atoms with Crippen LogP contribution in [0.25, 0.3) is 0 Å². The molecule has 0 saturated heterocycles. The number of hydrogen-bond acceptors (Lipinski definition) is 7. The molecule has 0 saturated carbocycles. The maximum atomic E-state index is 13.5. The van der Waals surface area contributed by atoms with Gasteiger partial charge in [0.15, 0.2) is 17.6 Å². The molecule has 6 aromatic carbocycles. The molecule has 7 rings (SSSR count). The number of rotatable bonds is 20. The fourth-order valence-electron chi connectivity index (χ4n) is 7.00. The lowest BCUT2D eigenvalue weighted by Gasteiger charge is -2.35. The van der Waals surface area contributed by atoms with E-state index >= 15 is 0 Å². The minimum absolute atomic E-state index is 0.239. The zero-order valence-electron chi connectivity index (χ0n) is 33.2. The number of esters is 1. The van der Waals surface area contributed by atoms with E-state index in [0.29, 0.717) is 68.0 Å². The van der Waals surface area contributed by atoms with Crippen LogP contribution in [0.1, 0.15) is 84.9 Å². The van der Waals surface area contributed by atoms with Crippen LogP contribution in [0.2, 0.25) is 0 Å². The van der Waals surface area contributed by atoms with Crippen molar-refractivity contribution in [3.8, 4) is 28.7 Å². The van der Waals surface area contributed by atoms with Gasteiger partial charge in [-0.15, -0.1) is 0 Å². The average Bonchev–Trinajstić information content (AvgIpc) is 3.27. The van der Waals surface area contributed by atoms with Gasteiger partial charge in [0.05, 0.1) is 0 Å². The lowest BCUT2D eigenvalue weighted by atomic mass is 9.93. The minimum atomic E-state index is -0.648. The SMILES string of the molecule is CCCCCCCC(=O)O[C@@H]1Cc2c(OCc3ccccc3)cc(OCc3ccccc3)cc2O[C@@H]1c1ccc(OCc2ccccc2)c(OCc2ccccc2)c1. The third-order valence-corrected chi connectivity index (χ3v) is 10.2. The van der Waals surface area contributed by atoms with E-state index in [0.717, 1.165) is 65.5 Å². The van der Waals surface area contributed by atoms with Crippen molar-refractivity contribution in [3.05, 3.63) is 185 Å². The predicted octanol–water partition coefficient (Wildman–Crippen LogP) is 12.0. The first-order chi connectivity index (χ1) is 28.6. The highest BCUT2D eigenvalue weighted by atomic mass is 16.6. The molecule has 0 unspecified atom stereocenters. The first-order valence-corrected chi connectivity index (χ1v) is 20.4. The van der Waals surface area contributed by atoms with Gasteiger partial charge in [0.2, 0.25) is 0 Å². The number of benzene rings is 6. The predicted molar refractivity (Wildman–Crippen MR) is 226 cm³/mol. The van der Waals surface area contributed by atoms with Crippen molar-refractivity contribution in [2.24, 2.45) is 0 Å². The van der Waals surface area contributed by atoms with E-state index in [-0.39, 0.29) is 5.97 Å². The van der Waals surface area contributed by atoms with E-state index in [2.05, 4.69) is 6.92 Å². The van der Waals surface area contributed by atoms with E-state index in [4.69, 9.17) is 28.4 Å². The summed E-state index contributed by atoms with van der Waals surface area (Å²) < 4.78 is 39.0. The van der Waals surface area contributed by atoms with Crippen molar-refractivity contribution in [2.45, 2.75) is 90.5 Å². The Morgan fingerprint density at radius 1 is 0.552 bits per heavy atom. The average molecular weight is 777 g/mol. The summed E-state index contributed by atoms with van der Waals surface area (Å²) in [6.45, 7) is 3.65. The molecule has 0 aromatic heterocycles. The summed E-state index contributed by atoms with van der Waals surface area (Å²) in [5, 5.41) is 0. The van der Waals surface area contributed by atoms with Crippen LogP contribution in [-0.4, -0.2) is 12.1 Å². The molecule has 0 aliphatic carbocycles. The Hall–Kier alpha value is -6.21. The Balaban J connectivity index is 1.21. The van der Waals surface area contributed by atoms with Gasteiger partial charge in [-0.2, -0.15) is 0 Å². The quantitative estimate of drug-likeness (QED) is 0.0565. The van der Waals surface area contributed by atoms with Gasteiger partial charge >= 0.3 is 5.97 Å². The van der Waals surface area contributed by atoms with Crippen LogP contribution < -0.4 is 23.7 Å². The summed E-state index contributed by atoms with van der Waals surface area (Å²) in [5.41, 5.74) is 5.77. The van der Waals surface area contributed by atoms with E-state index in [9.17, 15) is 4.79 Å². The monoisotopic (exact) mass is 776 g/mol. The number of ether oxygens (including phenoxy) is 6. The number of carbonyl (C=O) groups is 1. The third kappa shape index (κ3) is 11.4. The highest BCUT2D eigenvalue weighted by Crippen LogP contribution is 2.45. The van der Waals surface area contributed by atoms with Gasteiger partial charge in [-0.3, -0.25) is 4.79 Å². The highest BCUT2D eigenvalue weighted by Gasteiger charge is 2.37. The van der Waals surface area contributed by atoms with Crippen molar-refractivity contribution in [2.75, 3.05) is 0 Å². The molecule has 0 N–H and O–H groups in total. The standard InChI is InChI=1S/C51H52O7/c1-2-3-4-5-18-27-50(52)57-49-33-44-46(55-36-40-23-14-8-15-24-40)31-43(53-34-38-19-10-6-11-20-38)32-47(44)58-51(49)42-28-29-45(54-35-39-21-12-7-13-22-39)48(30-42)56-37-41-25-16-9-17-26-41/h6-17,19-26,28-32,49,51H,2-5,18,27,33-37H2,1H3/t49-,51-/m1/s1. The molecule has 7 nitrogen and oxygen atoms in total. The fraction of sp³-hybridized carbons (Fsp3) is 0.275. The third-order valence-electron chi connectivity index (χ3n) is 10.2. The van der Waals surface area contributed by atoms with Gasteiger partial charge in [-0.25, -0.2) is 0 Å². The maximum Gasteiger partial charge on any atom is 0.306 e. The van der Waals surface area contributed by atoms with Gasteiger partial charge in [-0.05, 0) is 40.8 Å². The normalized spacial score (nSPS) is 14.4. The summed E-state index contributed by atoms with van der Waals surface area (Å²) in [5.74, 6) is 2.79. The molecule has 298 valence electrons. The lowest BCUT2D eigenvalue weighted by molar-refractivity contribution is -0.155. The Bertz CT molecular complexity index is 2160. The van der Waals surface area contributed by atoms with Crippen molar-refractivity contribution in [1.82, 2.24) is 0 Å². The second-order valence-electron chi connectivity index (χ2n) is 14.6. The van der Waals surface area contributed by atoms with Gasteiger partial charge in [0.25, 0.3) is 0 Å². The summed E-state index contributed by atoms with van der Waals surface area (Å²) in [4.78, 5) is 13.5. The first-order valence-electron chi connectivity index (χ1n) is 20.4. The largest absolute Gasteiger partial charge is 0.489 e. The van der Waals surface area contributed by atoms with Crippen LogP contribution in [-0.2, 0) is 42.4 Å². The molecule has 0 radical (unpaired) electrons. The van der Waals surface area contributed by atoms with E-state index < -0.39 is 12.2 Å². The zero-order valence-corrected chi connectivity index (χ0v) is 33.2. The second kappa shape index (κ2) is 20.8. The first kappa shape index (κ1) is 40.0. The topological polar surface area (TPSA) is 72.5 Å². The Morgan fingerprint density at radius 2 is 1.07 bits per heavy atom. The molecule has 0 bridgehead atoms. The van der Waals surface area contributed by atoms with Gasteiger partial charge < -0.3 is 28.4 Å². The number of hydrogen-bond donors (Lipinski definition) is 0. The van der Waals surface area contributed by atoms with Crippen molar-refractivity contribution in [3.63, 3.8) is 0 Å². The molecule has 1 heterocycles. The van der Waals surface area contributed by atoms with Gasteiger partial charge in [0, 0.05) is 36.1 Å². The van der Waals surface area contributed by atoms with E-state index in [1.807, 2.05) is 152 Å². The summed E-state index contributed by atoms with van der Waals surface area (Å²) in [6.07, 6.45) is 4.64. The number of fused-ring (bicyclic) bond motifs is 1. The van der Waals surface area contributed by atoms with Crippen LogP contribution in [0.4, 0.5) is 0 Å². The molecule has 1 aliphatic rings. The molecule has 1 aliphatic heterocycles. The number of unbranched alkanes of at least 4 members (excludes halogenated alkanes) is 4. The van der Waals surface area contributed by atoms with Gasteiger partial charge in [-0.1, -0.05) is 160 Å². The van der Waals surface area contributed by atoms with Gasteiger partial charge in [0.1, 0.15) is 49.8 Å². The Kier molecular flexibility index (Phi) is 14.4. The molecular formula is C51H52O7. The van der Waals surface area contributed by atoms with Crippen LogP contribution in [0.15, 0.2) is 152 Å². The molecule has 6 aromatic rings. The van der Waals surface area contributed by atoms with E-state index in [1.54, 1.807) is 0 Å². The molecule has 2 atom stereocenters. The van der Waals surface area contributed by atoms with Crippen LogP contribution in [0.3, 0.4) is 0 Å². The summed E-state index contributed by atoms with van der Waals surface area (Å²) in [7, 11) is 0. The van der Waals surface area contributed by atoms with Crippen LogP contribution in [0.5, 0.6) is 28.7 Å². The molecule has 0 amide bonds. The van der Waals surface area contributed by atoms with Crippen molar-refractivity contribution < 1.29 is 33.2 Å². The lowest BCUT2D eigenvalue weighted by Crippen LogP contribution is -2.35. The zero-order chi connectivity index (χ0) is 39.8. The van der Waals surface area contributed by atoms with E-state index in [1.165, 1.54) is 0 Å². The Morgan fingerprint density at radius 3 is 1.64 bits per heavy atom. The fourth-order valence-corrected chi connectivity index (χ4v) is 7.00. The molecular weight excluding hydrogens is 725 g/mol. The molecule has 58 heavy (non-hydrogen) atoms. The molecule has 7 heteroatoms. The maximum absolute atomic E-state index is 13.5. The molecule has 0 spiro atoms. The second-order valence-corrected chi connectivity index (χ2v) is 14.6. The Labute approximate surface area is 342 Å². The van der Waals surface area contributed by atoms with Crippen molar-refractivity contribution >= 4 is 5.97 Å². The van der Waals surface area contributed by atoms with Crippen molar-refractivity contribution in [1.29, 1.82) is 0 Å². The summed E-state index contributed by atoms with van der Waals surface area (Å²) >= 11 is 0.